The molecule has 0 unspecified atom stereocenters. The summed E-state index contributed by atoms with van der Waals surface area (Å²) in [6.07, 6.45) is 6.22. The molecule has 5 heteroatoms. The third kappa shape index (κ3) is 5.35. The van der Waals surface area contributed by atoms with Crippen LogP contribution in [0.4, 0.5) is 0 Å². The van der Waals surface area contributed by atoms with Crippen LogP contribution in [-0.4, -0.2) is 29.6 Å². The van der Waals surface area contributed by atoms with Crippen molar-refractivity contribution in [1.82, 2.24) is 16.0 Å². The maximum Gasteiger partial charge on any atom is 0.242 e. The normalized spacial score (nSPS) is 18.2. The van der Waals surface area contributed by atoms with Gasteiger partial charge in [-0.2, -0.15) is 0 Å². The number of hydrogen-bond donors (Lipinski definition) is 3. The quantitative estimate of drug-likeness (QED) is 0.665. The van der Waals surface area contributed by atoms with Crippen molar-refractivity contribution in [3.8, 4) is 0 Å². The lowest BCUT2D eigenvalue weighted by atomic mass is 9.96. The third-order valence-corrected chi connectivity index (χ3v) is 3.27. The third-order valence-electron chi connectivity index (χ3n) is 3.03. The standard InChI is InChI=1S/C12H23N3OS/c1-3-13-11(16)9(2)14-12(17)15-10-7-5-4-6-8-10/h9-10H,3-8H2,1-2H3,(H,13,16)(H2,14,15,17)/t9-/m0/s1. The fourth-order valence-corrected chi connectivity index (χ4v) is 2.41. The second-order valence-electron chi connectivity index (χ2n) is 4.57. The summed E-state index contributed by atoms with van der Waals surface area (Å²) >= 11 is 5.21. The van der Waals surface area contributed by atoms with Gasteiger partial charge in [0.05, 0.1) is 0 Å². The van der Waals surface area contributed by atoms with E-state index in [0.717, 1.165) is 0 Å². The molecule has 0 aromatic rings. The first kappa shape index (κ1) is 14.2. The van der Waals surface area contributed by atoms with Crippen LogP contribution in [0.25, 0.3) is 0 Å². The molecule has 98 valence electrons. The molecule has 0 aromatic carbocycles. The van der Waals surface area contributed by atoms with E-state index in [2.05, 4.69) is 16.0 Å². The Balaban J connectivity index is 2.25. The smallest absolute Gasteiger partial charge is 0.242 e. The summed E-state index contributed by atoms with van der Waals surface area (Å²) < 4.78 is 0. The zero-order valence-electron chi connectivity index (χ0n) is 10.7. The zero-order chi connectivity index (χ0) is 12.7. The van der Waals surface area contributed by atoms with Gasteiger partial charge in [-0.15, -0.1) is 0 Å². The van der Waals surface area contributed by atoms with Crippen LogP contribution >= 0.6 is 12.2 Å². The minimum atomic E-state index is -0.279. The molecule has 0 aliphatic heterocycles. The fourth-order valence-electron chi connectivity index (χ4n) is 2.06. The van der Waals surface area contributed by atoms with Gasteiger partial charge in [-0.1, -0.05) is 19.3 Å². The molecule has 1 amide bonds. The van der Waals surface area contributed by atoms with Gasteiger partial charge in [0.2, 0.25) is 5.91 Å². The molecule has 4 nitrogen and oxygen atoms in total. The highest BCUT2D eigenvalue weighted by Crippen LogP contribution is 2.17. The summed E-state index contributed by atoms with van der Waals surface area (Å²) in [5.41, 5.74) is 0. The number of carbonyl (C=O) groups is 1. The minimum absolute atomic E-state index is 0.0136. The van der Waals surface area contributed by atoms with E-state index in [-0.39, 0.29) is 11.9 Å². The van der Waals surface area contributed by atoms with Gasteiger partial charge < -0.3 is 16.0 Å². The second kappa shape index (κ2) is 7.48. The molecule has 0 spiro atoms. The average Bonchev–Trinajstić information content (AvgIpc) is 2.30. The fraction of sp³-hybridized carbons (Fsp3) is 0.833. The van der Waals surface area contributed by atoms with Crippen LogP contribution in [-0.2, 0) is 4.79 Å². The van der Waals surface area contributed by atoms with Crippen LogP contribution in [0.1, 0.15) is 46.0 Å². The van der Waals surface area contributed by atoms with Crippen molar-refractivity contribution in [3.63, 3.8) is 0 Å². The first-order valence-corrected chi connectivity index (χ1v) is 6.89. The van der Waals surface area contributed by atoms with Crippen molar-refractivity contribution in [3.05, 3.63) is 0 Å². The molecule has 1 aliphatic rings. The van der Waals surface area contributed by atoms with Gasteiger partial charge in [0.25, 0.3) is 0 Å². The second-order valence-corrected chi connectivity index (χ2v) is 4.98. The van der Waals surface area contributed by atoms with E-state index in [4.69, 9.17) is 12.2 Å². The van der Waals surface area contributed by atoms with E-state index in [1.807, 2.05) is 13.8 Å². The number of hydrogen-bond acceptors (Lipinski definition) is 2. The summed E-state index contributed by atoms with van der Waals surface area (Å²) in [5.74, 6) is -0.0136. The van der Waals surface area contributed by atoms with Crippen molar-refractivity contribution < 1.29 is 4.79 Å². The van der Waals surface area contributed by atoms with Crippen molar-refractivity contribution in [2.24, 2.45) is 0 Å². The van der Waals surface area contributed by atoms with Crippen LogP contribution in [0.3, 0.4) is 0 Å². The van der Waals surface area contributed by atoms with Crippen LogP contribution < -0.4 is 16.0 Å². The lowest BCUT2D eigenvalue weighted by molar-refractivity contribution is -0.122. The van der Waals surface area contributed by atoms with Crippen molar-refractivity contribution in [1.29, 1.82) is 0 Å². The summed E-state index contributed by atoms with van der Waals surface area (Å²) in [4.78, 5) is 11.5. The Hall–Kier alpha value is -0.840. The van der Waals surface area contributed by atoms with Crippen LogP contribution in [0.15, 0.2) is 0 Å². The first-order valence-electron chi connectivity index (χ1n) is 6.48. The minimum Gasteiger partial charge on any atom is -0.360 e. The first-order chi connectivity index (χ1) is 8.13. The Morgan fingerprint density at radius 2 is 2.00 bits per heavy atom. The maximum atomic E-state index is 11.5. The molecular weight excluding hydrogens is 234 g/mol. The van der Waals surface area contributed by atoms with Crippen LogP contribution in [0.5, 0.6) is 0 Å². The lowest BCUT2D eigenvalue weighted by Gasteiger charge is -2.25. The number of nitrogens with one attached hydrogen (secondary N) is 3. The van der Waals surface area contributed by atoms with Crippen molar-refractivity contribution in [2.75, 3.05) is 6.54 Å². The summed E-state index contributed by atoms with van der Waals surface area (Å²) in [6, 6.07) is 0.198. The maximum absolute atomic E-state index is 11.5. The Bertz CT molecular complexity index is 264. The van der Waals surface area contributed by atoms with E-state index >= 15 is 0 Å². The molecule has 0 heterocycles. The van der Waals surface area contributed by atoms with Gasteiger partial charge in [0, 0.05) is 12.6 Å². The molecule has 1 fully saturated rings. The predicted octanol–water partition coefficient (Wildman–Crippen LogP) is 1.31. The number of amides is 1. The van der Waals surface area contributed by atoms with Gasteiger partial charge in [0.1, 0.15) is 6.04 Å². The molecule has 1 saturated carbocycles. The van der Waals surface area contributed by atoms with Gasteiger partial charge in [-0.25, -0.2) is 0 Å². The predicted molar refractivity (Wildman–Crippen MR) is 73.9 cm³/mol. The van der Waals surface area contributed by atoms with Gasteiger partial charge in [-0.05, 0) is 38.9 Å². The molecular formula is C12H23N3OS. The number of rotatable bonds is 4. The van der Waals surface area contributed by atoms with Gasteiger partial charge >= 0.3 is 0 Å². The Morgan fingerprint density at radius 1 is 1.35 bits per heavy atom. The van der Waals surface area contributed by atoms with E-state index in [1.54, 1.807) is 0 Å². The average molecular weight is 257 g/mol. The SMILES string of the molecule is CCNC(=O)[C@H](C)NC(=S)NC1CCCCC1. The van der Waals surface area contributed by atoms with E-state index in [9.17, 15) is 4.79 Å². The number of thiocarbonyl (C=S) groups is 1. The van der Waals surface area contributed by atoms with E-state index in [0.29, 0.717) is 17.7 Å². The Kier molecular flexibility index (Phi) is 6.26. The molecule has 0 saturated heterocycles. The summed E-state index contributed by atoms with van der Waals surface area (Å²) in [5, 5.41) is 9.67. The molecule has 1 atom stereocenters. The van der Waals surface area contributed by atoms with Gasteiger partial charge in [0.15, 0.2) is 5.11 Å². The lowest BCUT2D eigenvalue weighted by Crippen LogP contribution is -2.50. The molecule has 0 aromatic heterocycles. The largest absolute Gasteiger partial charge is 0.360 e. The summed E-state index contributed by atoms with van der Waals surface area (Å²) in [7, 11) is 0. The summed E-state index contributed by atoms with van der Waals surface area (Å²) in [6.45, 7) is 4.37. The van der Waals surface area contributed by atoms with Crippen LogP contribution in [0.2, 0.25) is 0 Å². The van der Waals surface area contributed by atoms with Crippen LogP contribution in [0, 0.1) is 0 Å². The molecule has 1 rings (SSSR count). The Labute approximate surface area is 109 Å². The van der Waals surface area contributed by atoms with Crippen molar-refractivity contribution in [2.45, 2.75) is 58.0 Å². The van der Waals surface area contributed by atoms with E-state index < -0.39 is 0 Å². The van der Waals surface area contributed by atoms with Crippen molar-refractivity contribution >= 4 is 23.2 Å². The van der Waals surface area contributed by atoms with E-state index in [1.165, 1.54) is 32.1 Å². The molecule has 3 N–H and O–H groups in total. The highest BCUT2D eigenvalue weighted by molar-refractivity contribution is 7.80. The monoisotopic (exact) mass is 257 g/mol. The van der Waals surface area contributed by atoms with Gasteiger partial charge in [-0.3, -0.25) is 4.79 Å². The molecule has 1 aliphatic carbocycles. The molecule has 17 heavy (non-hydrogen) atoms. The zero-order valence-corrected chi connectivity index (χ0v) is 11.5. The highest BCUT2D eigenvalue weighted by atomic mass is 32.1. The molecule has 0 radical (unpaired) electrons. The number of likely N-dealkylation sites (N-methyl/N-ethyl adjacent to an activating group) is 1. The topological polar surface area (TPSA) is 53.2 Å². The number of carbonyl (C=O) groups excluding carboxylic acids is 1. The highest BCUT2D eigenvalue weighted by Gasteiger charge is 2.16. The Morgan fingerprint density at radius 3 is 2.59 bits per heavy atom. The molecule has 0 bridgehead atoms.